The highest BCUT2D eigenvalue weighted by molar-refractivity contribution is 5.74. The van der Waals surface area contributed by atoms with Crippen LogP contribution >= 0.6 is 0 Å². The van der Waals surface area contributed by atoms with Crippen molar-refractivity contribution in [1.82, 2.24) is 5.32 Å². The minimum atomic E-state index is -5.85. The molecule has 0 aliphatic rings. The molecule has 1 N–H and O–H groups in total. The summed E-state index contributed by atoms with van der Waals surface area (Å²) < 4.78 is 90.6. The van der Waals surface area contributed by atoms with Crippen LogP contribution in [-0.2, 0) is 10.3 Å². The van der Waals surface area contributed by atoms with Gasteiger partial charge in [-0.2, -0.15) is 26.3 Å². The number of halogens is 7. The van der Waals surface area contributed by atoms with E-state index in [1.54, 1.807) is 0 Å². The van der Waals surface area contributed by atoms with Crippen molar-refractivity contribution in [3.05, 3.63) is 35.6 Å². The minimum Gasteiger partial charge on any atom is -0.331 e. The smallest absolute Gasteiger partial charge is 0.331 e. The SMILES string of the molecule is CC(=O)NC(c1ccc(F)cc1)(C(F)(F)F)C(F)(F)F. The molecule has 1 aromatic carbocycles. The van der Waals surface area contributed by atoms with Gasteiger partial charge in [0.1, 0.15) is 5.82 Å². The second kappa shape index (κ2) is 4.95. The van der Waals surface area contributed by atoms with Gasteiger partial charge in [-0.1, -0.05) is 12.1 Å². The molecule has 1 amide bonds. The molecule has 0 atom stereocenters. The molecule has 2 nitrogen and oxygen atoms in total. The van der Waals surface area contributed by atoms with E-state index in [1.807, 2.05) is 0 Å². The maximum Gasteiger partial charge on any atom is 0.424 e. The normalized spacial score (nSPS) is 13.2. The first-order chi connectivity index (χ1) is 8.92. The van der Waals surface area contributed by atoms with Gasteiger partial charge in [0, 0.05) is 6.92 Å². The number of benzene rings is 1. The molecule has 9 heteroatoms. The largest absolute Gasteiger partial charge is 0.424 e. The quantitative estimate of drug-likeness (QED) is 0.835. The Balaban J connectivity index is 3.61. The van der Waals surface area contributed by atoms with Gasteiger partial charge in [-0.25, -0.2) is 4.39 Å². The number of carbonyl (C=O) groups excluding carboxylic acids is 1. The molecule has 20 heavy (non-hydrogen) atoms. The van der Waals surface area contributed by atoms with Gasteiger partial charge in [0.2, 0.25) is 5.91 Å². The van der Waals surface area contributed by atoms with Gasteiger partial charge in [-0.05, 0) is 17.7 Å². The highest BCUT2D eigenvalue weighted by Gasteiger charge is 2.72. The van der Waals surface area contributed by atoms with Crippen LogP contribution in [0.4, 0.5) is 30.7 Å². The summed E-state index contributed by atoms with van der Waals surface area (Å²) in [7, 11) is 0. The van der Waals surface area contributed by atoms with Gasteiger partial charge in [-0.15, -0.1) is 0 Å². The topological polar surface area (TPSA) is 29.1 Å². The number of rotatable bonds is 2. The monoisotopic (exact) mass is 303 g/mol. The van der Waals surface area contributed by atoms with E-state index in [0.29, 0.717) is 31.2 Å². The number of nitrogens with one attached hydrogen (secondary N) is 1. The van der Waals surface area contributed by atoms with Crippen LogP contribution in [0.15, 0.2) is 24.3 Å². The Hall–Kier alpha value is -1.80. The lowest BCUT2D eigenvalue weighted by atomic mass is 9.88. The molecule has 0 heterocycles. The van der Waals surface area contributed by atoms with Crippen molar-refractivity contribution in [3.63, 3.8) is 0 Å². The molecule has 0 bridgehead atoms. The van der Waals surface area contributed by atoms with Crippen molar-refractivity contribution in [3.8, 4) is 0 Å². The van der Waals surface area contributed by atoms with Crippen LogP contribution in [0.1, 0.15) is 12.5 Å². The van der Waals surface area contributed by atoms with Crippen LogP contribution in [-0.4, -0.2) is 18.3 Å². The van der Waals surface area contributed by atoms with E-state index in [1.165, 1.54) is 0 Å². The van der Waals surface area contributed by atoms with Crippen molar-refractivity contribution < 1.29 is 35.5 Å². The minimum absolute atomic E-state index is 0.326. The Bertz CT molecular complexity index is 475. The van der Waals surface area contributed by atoms with Gasteiger partial charge in [0.05, 0.1) is 0 Å². The summed E-state index contributed by atoms with van der Waals surface area (Å²) in [6.45, 7) is 0.524. The van der Waals surface area contributed by atoms with E-state index < -0.39 is 35.2 Å². The van der Waals surface area contributed by atoms with Gasteiger partial charge in [-0.3, -0.25) is 4.79 Å². The zero-order valence-electron chi connectivity index (χ0n) is 9.86. The van der Waals surface area contributed by atoms with E-state index in [0.717, 1.165) is 5.32 Å². The lowest BCUT2D eigenvalue weighted by Crippen LogP contribution is -2.64. The van der Waals surface area contributed by atoms with Crippen molar-refractivity contribution in [2.45, 2.75) is 24.8 Å². The summed E-state index contributed by atoms with van der Waals surface area (Å²) in [5, 5.41) is 0.898. The maximum atomic E-state index is 13.0. The van der Waals surface area contributed by atoms with Crippen LogP contribution in [0.2, 0.25) is 0 Å². The lowest BCUT2D eigenvalue weighted by Gasteiger charge is -2.38. The second-order valence-electron chi connectivity index (χ2n) is 3.93. The summed E-state index contributed by atoms with van der Waals surface area (Å²) in [5.74, 6) is -2.53. The average Bonchev–Trinajstić information content (AvgIpc) is 2.23. The van der Waals surface area contributed by atoms with Crippen LogP contribution in [0, 0.1) is 5.82 Å². The number of amides is 1. The van der Waals surface area contributed by atoms with Crippen LogP contribution < -0.4 is 5.32 Å². The number of carbonyl (C=O) groups is 1. The first kappa shape index (κ1) is 16.3. The predicted molar refractivity (Wildman–Crippen MR) is 54.0 cm³/mol. The molecule has 0 aliphatic heterocycles. The van der Waals surface area contributed by atoms with Gasteiger partial charge in [0.15, 0.2) is 0 Å². The Kier molecular flexibility index (Phi) is 4.02. The highest BCUT2D eigenvalue weighted by atomic mass is 19.4. The van der Waals surface area contributed by atoms with E-state index in [4.69, 9.17) is 0 Å². The first-order valence-corrected chi connectivity index (χ1v) is 5.10. The third-order valence-corrected chi connectivity index (χ3v) is 2.49. The molecule has 0 aliphatic carbocycles. The Morgan fingerprint density at radius 2 is 1.35 bits per heavy atom. The zero-order valence-corrected chi connectivity index (χ0v) is 9.86. The molecule has 0 unspecified atom stereocenters. The number of hydrogen-bond donors (Lipinski definition) is 1. The van der Waals surface area contributed by atoms with Crippen molar-refractivity contribution in [2.24, 2.45) is 0 Å². The summed E-state index contributed by atoms with van der Waals surface area (Å²) in [6, 6.07) is 1.55. The fourth-order valence-electron chi connectivity index (χ4n) is 1.67. The molecule has 1 rings (SSSR count). The predicted octanol–water partition coefficient (Wildman–Crippen LogP) is 3.28. The Labute approximate surface area is 108 Å². The Morgan fingerprint density at radius 3 is 1.65 bits per heavy atom. The van der Waals surface area contributed by atoms with Gasteiger partial charge in [0.25, 0.3) is 5.54 Å². The lowest BCUT2D eigenvalue weighted by molar-refractivity contribution is -0.311. The van der Waals surface area contributed by atoms with E-state index >= 15 is 0 Å². The molecule has 0 fully saturated rings. The van der Waals surface area contributed by atoms with E-state index in [2.05, 4.69) is 0 Å². The molecule has 0 saturated heterocycles. The molecule has 112 valence electrons. The molecular formula is C11H8F7NO. The molecule has 0 spiro atoms. The summed E-state index contributed by atoms with van der Waals surface area (Å²) in [5.41, 5.74) is -5.91. The molecule has 0 saturated carbocycles. The average molecular weight is 303 g/mol. The maximum absolute atomic E-state index is 13.0. The standard InChI is InChI=1S/C11H8F7NO/c1-6(20)19-9(10(13,14)15,11(16,17)18)7-2-4-8(12)5-3-7/h2-5H,1H3,(H,19,20). The van der Waals surface area contributed by atoms with Crippen molar-refractivity contribution in [2.75, 3.05) is 0 Å². The number of alkyl halides is 6. The third-order valence-electron chi connectivity index (χ3n) is 2.49. The summed E-state index contributed by atoms with van der Waals surface area (Å²) >= 11 is 0. The van der Waals surface area contributed by atoms with Crippen molar-refractivity contribution >= 4 is 5.91 Å². The summed E-state index contributed by atoms with van der Waals surface area (Å²) in [6.07, 6.45) is -11.7. The van der Waals surface area contributed by atoms with Crippen LogP contribution in [0.25, 0.3) is 0 Å². The molecule has 0 aromatic heterocycles. The van der Waals surface area contributed by atoms with E-state index in [9.17, 15) is 35.5 Å². The second-order valence-corrected chi connectivity index (χ2v) is 3.93. The van der Waals surface area contributed by atoms with Gasteiger partial charge < -0.3 is 5.32 Å². The summed E-state index contributed by atoms with van der Waals surface area (Å²) in [4.78, 5) is 10.8. The highest BCUT2D eigenvalue weighted by Crippen LogP contribution is 2.50. The molecular weight excluding hydrogens is 295 g/mol. The van der Waals surface area contributed by atoms with Crippen LogP contribution in [0.3, 0.4) is 0 Å². The first-order valence-electron chi connectivity index (χ1n) is 5.10. The fourth-order valence-corrected chi connectivity index (χ4v) is 1.67. The van der Waals surface area contributed by atoms with Gasteiger partial charge >= 0.3 is 12.4 Å². The van der Waals surface area contributed by atoms with Crippen LogP contribution in [0.5, 0.6) is 0 Å². The fraction of sp³-hybridized carbons (Fsp3) is 0.364. The molecule has 0 radical (unpaired) electrons. The Morgan fingerprint density at radius 1 is 0.950 bits per heavy atom. The van der Waals surface area contributed by atoms with Crippen molar-refractivity contribution in [1.29, 1.82) is 0 Å². The third kappa shape index (κ3) is 2.70. The number of hydrogen-bond acceptors (Lipinski definition) is 1. The van der Waals surface area contributed by atoms with E-state index in [-0.39, 0.29) is 0 Å². The zero-order chi connectivity index (χ0) is 15.8. The molecule has 1 aromatic rings.